The molecule has 42 heavy (non-hydrogen) atoms. The number of amides is 3. The number of aromatic nitrogens is 2. The summed E-state index contributed by atoms with van der Waals surface area (Å²) in [5, 5.41) is 17.7. The summed E-state index contributed by atoms with van der Waals surface area (Å²) in [5.41, 5.74) is 2.25. The molecule has 0 aliphatic carbocycles. The Bertz CT molecular complexity index is 1560. The number of carbonyl (C=O) groups excluding carboxylic acids is 2. The Kier molecular flexibility index (Phi) is 9.38. The van der Waals surface area contributed by atoms with Crippen molar-refractivity contribution in [2.45, 2.75) is 26.1 Å². The van der Waals surface area contributed by atoms with Crippen molar-refractivity contribution >= 4 is 34.9 Å². The molecular weight excluding hydrogens is 549 g/mol. The number of aliphatic hydroxyl groups excluding tert-OH is 1. The fraction of sp³-hybridized carbons (Fsp3) is 0.200. The van der Waals surface area contributed by atoms with E-state index in [1.165, 1.54) is 29.4 Å². The monoisotopic (exact) mass is 578 g/mol. The largest absolute Gasteiger partial charge is 0.416 e. The number of nitrogens with one attached hydrogen (secondary N) is 3. The number of halogens is 3. The molecule has 3 amide bonds. The molecule has 4 rings (SSSR count). The molecule has 1 aromatic heterocycles. The van der Waals surface area contributed by atoms with E-state index in [-0.39, 0.29) is 12.2 Å². The first-order chi connectivity index (χ1) is 20.0. The Hall–Kier alpha value is -4.97. The van der Waals surface area contributed by atoms with Gasteiger partial charge < -0.3 is 21.1 Å². The maximum atomic E-state index is 13.0. The fourth-order valence-corrected chi connectivity index (χ4v) is 3.95. The van der Waals surface area contributed by atoms with Gasteiger partial charge in [-0.15, -0.1) is 0 Å². The summed E-state index contributed by atoms with van der Waals surface area (Å²) < 4.78 is 39.1. The zero-order valence-electron chi connectivity index (χ0n) is 22.9. The van der Waals surface area contributed by atoms with E-state index in [0.717, 1.165) is 29.7 Å². The smallest absolute Gasteiger partial charge is 0.392 e. The second-order valence-electron chi connectivity index (χ2n) is 9.46. The van der Waals surface area contributed by atoms with Gasteiger partial charge in [-0.05, 0) is 60.4 Å². The molecule has 0 aliphatic rings. The number of hydrogen-bond acceptors (Lipinski definition) is 6. The van der Waals surface area contributed by atoms with Crippen LogP contribution in [0.3, 0.4) is 0 Å². The van der Waals surface area contributed by atoms with Crippen LogP contribution in [-0.2, 0) is 19.2 Å². The molecule has 1 heterocycles. The number of aliphatic hydroxyl groups is 1. The van der Waals surface area contributed by atoms with Crippen molar-refractivity contribution in [2.75, 3.05) is 34.4 Å². The Morgan fingerprint density at radius 2 is 1.67 bits per heavy atom. The minimum absolute atomic E-state index is 0.00575. The average molecular weight is 579 g/mol. The van der Waals surface area contributed by atoms with Gasteiger partial charge in [-0.2, -0.15) is 13.2 Å². The minimum Gasteiger partial charge on any atom is -0.392 e. The zero-order chi connectivity index (χ0) is 30.3. The highest BCUT2D eigenvalue weighted by atomic mass is 19.4. The van der Waals surface area contributed by atoms with Crippen molar-refractivity contribution in [3.8, 4) is 0 Å². The molecule has 0 spiro atoms. The van der Waals surface area contributed by atoms with Crippen molar-refractivity contribution in [1.29, 1.82) is 0 Å². The molecule has 0 atom stereocenters. The predicted molar refractivity (Wildman–Crippen MR) is 155 cm³/mol. The van der Waals surface area contributed by atoms with E-state index >= 15 is 0 Å². The molecule has 0 aliphatic heterocycles. The van der Waals surface area contributed by atoms with Crippen LogP contribution in [0, 0.1) is 6.92 Å². The lowest BCUT2D eigenvalue weighted by molar-refractivity contribution is -0.137. The van der Waals surface area contributed by atoms with Crippen molar-refractivity contribution in [2.24, 2.45) is 0 Å². The maximum absolute atomic E-state index is 13.0. The van der Waals surface area contributed by atoms with Crippen molar-refractivity contribution < 1.29 is 27.9 Å². The van der Waals surface area contributed by atoms with Gasteiger partial charge in [0.1, 0.15) is 18.0 Å². The van der Waals surface area contributed by atoms with Crippen LogP contribution in [0.4, 0.5) is 41.0 Å². The topological polar surface area (TPSA) is 119 Å². The molecule has 4 aromatic rings. The van der Waals surface area contributed by atoms with E-state index < -0.39 is 23.7 Å². The third-order valence-corrected chi connectivity index (χ3v) is 6.42. The van der Waals surface area contributed by atoms with E-state index in [4.69, 9.17) is 5.11 Å². The van der Waals surface area contributed by atoms with Gasteiger partial charge in [0.2, 0.25) is 0 Å². The highest BCUT2D eigenvalue weighted by Gasteiger charge is 2.31. The number of urea groups is 1. The van der Waals surface area contributed by atoms with Gasteiger partial charge in [0.15, 0.2) is 0 Å². The molecule has 0 bridgehead atoms. The van der Waals surface area contributed by atoms with Crippen LogP contribution >= 0.6 is 0 Å². The number of anilines is 4. The second kappa shape index (κ2) is 13.1. The molecule has 0 saturated carbocycles. The first kappa shape index (κ1) is 30.0. The number of alkyl halides is 3. The van der Waals surface area contributed by atoms with Gasteiger partial charge in [0, 0.05) is 36.6 Å². The van der Waals surface area contributed by atoms with Gasteiger partial charge in [-0.3, -0.25) is 9.69 Å². The van der Waals surface area contributed by atoms with Crippen molar-refractivity contribution in [3.05, 3.63) is 107 Å². The van der Waals surface area contributed by atoms with Crippen molar-refractivity contribution in [1.82, 2.24) is 9.97 Å². The lowest BCUT2D eigenvalue weighted by Crippen LogP contribution is -2.32. The van der Waals surface area contributed by atoms with Crippen LogP contribution in [0.2, 0.25) is 0 Å². The van der Waals surface area contributed by atoms with E-state index in [9.17, 15) is 22.8 Å². The summed E-state index contributed by atoms with van der Waals surface area (Å²) in [7, 11) is 1.54. The van der Waals surface area contributed by atoms with Gasteiger partial charge in [-0.1, -0.05) is 36.4 Å². The Balaban J connectivity index is 1.38. The van der Waals surface area contributed by atoms with Crippen LogP contribution in [-0.4, -0.2) is 40.6 Å². The third-order valence-electron chi connectivity index (χ3n) is 6.42. The van der Waals surface area contributed by atoms with E-state index in [1.807, 2.05) is 24.3 Å². The Morgan fingerprint density at radius 3 is 2.38 bits per heavy atom. The fourth-order valence-electron chi connectivity index (χ4n) is 3.95. The molecule has 9 nitrogen and oxygen atoms in total. The molecular formula is C30H29F3N6O3. The number of aryl methyl sites for hydroxylation is 1. The summed E-state index contributed by atoms with van der Waals surface area (Å²) in [6.07, 6.45) is -2.51. The Morgan fingerprint density at radius 1 is 0.929 bits per heavy atom. The number of nitrogens with zero attached hydrogens (tertiary/aromatic N) is 3. The minimum atomic E-state index is -4.57. The van der Waals surface area contributed by atoms with E-state index in [1.54, 1.807) is 32.2 Å². The lowest BCUT2D eigenvalue weighted by atomic mass is 10.1. The SMILES string of the molecule is Cc1ccc(NC(=O)c2cccc(C(F)(F)F)c2)cc1NC(=O)N(C)c1cc(NCCc2ccc(CO)cc2)ncn1. The number of carbonyl (C=O) groups is 2. The van der Waals surface area contributed by atoms with Crippen LogP contribution in [0.5, 0.6) is 0 Å². The van der Waals surface area contributed by atoms with Crippen LogP contribution in [0.25, 0.3) is 0 Å². The summed E-state index contributed by atoms with van der Waals surface area (Å²) >= 11 is 0. The highest BCUT2D eigenvalue weighted by molar-refractivity contribution is 6.05. The van der Waals surface area contributed by atoms with Gasteiger partial charge in [-0.25, -0.2) is 14.8 Å². The quantitative estimate of drug-likeness (QED) is 0.197. The number of rotatable bonds is 9. The molecule has 0 saturated heterocycles. The van der Waals surface area contributed by atoms with Gasteiger partial charge >= 0.3 is 12.2 Å². The number of hydrogen-bond donors (Lipinski definition) is 4. The molecule has 4 N–H and O–H groups in total. The van der Waals surface area contributed by atoms with E-state index in [0.29, 0.717) is 35.1 Å². The first-order valence-electron chi connectivity index (χ1n) is 12.9. The van der Waals surface area contributed by atoms with Crippen LogP contribution < -0.4 is 20.9 Å². The first-order valence-corrected chi connectivity index (χ1v) is 12.9. The molecule has 0 radical (unpaired) electrons. The number of benzene rings is 3. The Labute approximate surface area is 240 Å². The third kappa shape index (κ3) is 7.82. The summed E-state index contributed by atoms with van der Waals surface area (Å²) in [4.78, 5) is 35.3. The second-order valence-corrected chi connectivity index (χ2v) is 9.46. The van der Waals surface area contributed by atoms with Gasteiger partial charge in [0.25, 0.3) is 5.91 Å². The molecule has 3 aromatic carbocycles. The predicted octanol–water partition coefficient (Wildman–Crippen LogP) is 5.87. The summed E-state index contributed by atoms with van der Waals surface area (Å²) in [5.74, 6) is 0.147. The normalized spacial score (nSPS) is 11.1. The van der Waals surface area contributed by atoms with E-state index in [2.05, 4.69) is 25.9 Å². The average Bonchev–Trinajstić information content (AvgIpc) is 2.98. The van der Waals surface area contributed by atoms with Crippen molar-refractivity contribution in [3.63, 3.8) is 0 Å². The zero-order valence-corrected chi connectivity index (χ0v) is 22.9. The molecule has 0 unspecified atom stereocenters. The highest BCUT2D eigenvalue weighted by Crippen LogP contribution is 2.30. The lowest BCUT2D eigenvalue weighted by Gasteiger charge is -2.19. The summed E-state index contributed by atoms with van der Waals surface area (Å²) in [6.45, 7) is 2.34. The standard InChI is InChI=1S/C30H29F3N6O3/c1-19-6-11-24(37-28(41)22-4-3-5-23(14-22)30(31,32)33)15-25(19)38-29(42)39(2)27-16-26(35-18-36-27)34-13-12-20-7-9-21(17-40)10-8-20/h3-11,14-16,18,40H,12-13,17H2,1-2H3,(H,37,41)(H,38,42)(H,34,35,36). The van der Waals surface area contributed by atoms with Crippen LogP contribution in [0.15, 0.2) is 79.1 Å². The molecule has 218 valence electrons. The molecule has 12 heteroatoms. The maximum Gasteiger partial charge on any atom is 0.416 e. The van der Waals surface area contributed by atoms with Crippen LogP contribution in [0.1, 0.15) is 32.6 Å². The van der Waals surface area contributed by atoms with Gasteiger partial charge in [0.05, 0.1) is 12.2 Å². The molecule has 0 fully saturated rings. The summed E-state index contributed by atoms with van der Waals surface area (Å²) in [6, 6.07) is 17.7.